The van der Waals surface area contributed by atoms with Gasteiger partial charge < -0.3 is 20.1 Å². The number of hydrazone groups is 1. The van der Waals surface area contributed by atoms with Crippen molar-refractivity contribution in [3.8, 4) is 16.9 Å². The number of rotatable bonds is 8. The highest BCUT2D eigenvalue weighted by atomic mass is 19.1. The smallest absolute Gasteiger partial charge is 0.245 e. The molecule has 3 N–H and O–H groups in total. The fourth-order valence-electron chi connectivity index (χ4n) is 4.29. The molecule has 1 aliphatic rings. The Morgan fingerprint density at radius 2 is 1.79 bits per heavy atom. The van der Waals surface area contributed by atoms with Crippen molar-refractivity contribution in [2.24, 2.45) is 5.10 Å². The molecule has 39 heavy (non-hydrogen) atoms. The van der Waals surface area contributed by atoms with Crippen LogP contribution in [-0.4, -0.2) is 52.6 Å². The second kappa shape index (κ2) is 11.9. The molecule has 1 aliphatic heterocycles. The first-order valence-corrected chi connectivity index (χ1v) is 12.8. The summed E-state index contributed by atoms with van der Waals surface area (Å²) >= 11 is 0. The highest BCUT2D eigenvalue weighted by Gasteiger charge is 2.18. The molecule has 0 aliphatic carbocycles. The zero-order chi connectivity index (χ0) is 27.2. The summed E-state index contributed by atoms with van der Waals surface area (Å²) in [6.45, 7) is 6.35. The zero-order valence-electron chi connectivity index (χ0n) is 21.8. The second-order valence-corrected chi connectivity index (χ2v) is 9.41. The highest BCUT2D eigenvalue weighted by Crippen LogP contribution is 2.29. The Kier molecular flexibility index (Phi) is 7.93. The number of pyridine rings is 1. The molecule has 0 saturated carbocycles. The highest BCUT2D eigenvalue weighted by molar-refractivity contribution is 5.79. The number of benzene rings is 2. The van der Waals surface area contributed by atoms with E-state index in [9.17, 15) is 9.50 Å². The molecule has 9 nitrogen and oxygen atoms in total. The van der Waals surface area contributed by atoms with E-state index in [4.69, 9.17) is 9.72 Å². The van der Waals surface area contributed by atoms with Gasteiger partial charge in [0.05, 0.1) is 42.7 Å². The molecular formula is C29H30FN7O2. The maximum atomic E-state index is 14.3. The number of nitrogens with zero attached hydrogens (tertiary/aromatic N) is 5. The lowest BCUT2D eigenvalue weighted by molar-refractivity contribution is 0.122. The molecule has 4 aromatic rings. The summed E-state index contributed by atoms with van der Waals surface area (Å²) in [5, 5.41) is 17.5. The van der Waals surface area contributed by atoms with Crippen LogP contribution in [0.2, 0.25) is 0 Å². The van der Waals surface area contributed by atoms with Gasteiger partial charge in [-0.05, 0) is 53.4 Å². The Morgan fingerprint density at radius 1 is 1.03 bits per heavy atom. The summed E-state index contributed by atoms with van der Waals surface area (Å²) in [7, 11) is 0. The van der Waals surface area contributed by atoms with Gasteiger partial charge in [0.15, 0.2) is 11.6 Å². The number of nitrogens with one attached hydrogen (secondary N) is 2. The Morgan fingerprint density at radius 3 is 2.56 bits per heavy atom. The standard InChI is InChI=1S/C29H30FN7O2/c1-19(2)27-26(33-22-7-3-5-20(15-22)21-6-4-8-24(38)16-21)10-9-23(34-27)17-32-36-29-31-18-25(30)28(35-29)37-11-13-39-14-12-37/h3-10,15-19,33,38H,11-14H2,1-2H3,(H,31,35,36)/b32-17+. The van der Waals surface area contributed by atoms with Gasteiger partial charge in [-0.3, -0.25) is 0 Å². The van der Waals surface area contributed by atoms with Gasteiger partial charge in [0.1, 0.15) is 5.75 Å². The van der Waals surface area contributed by atoms with Gasteiger partial charge in [0.2, 0.25) is 5.95 Å². The first-order chi connectivity index (χ1) is 19.0. The fraction of sp³-hybridized carbons (Fsp3) is 0.241. The van der Waals surface area contributed by atoms with E-state index < -0.39 is 5.82 Å². The lowest BCUT2D eigenvalue weighted by Gasteiger charge is -2.27. The Labute approximate surface area is 226 Å². The number of halogens is 1. The molecule has 0 bridgehead atoms. The number of phenols is 1. The number of hydrogen-bond acceptors (Lipinski definition) is 9. The predicted octanol–water partition coefficient (Wildman–Crippen LogP) is 5.53. The van der Waals surface area contributed by atoms with Crippen molar-refractivity contribution >= 4 is 29.4 Å². The van der Waals surface area contributed by atoms with Crippen LogP contribution in [0.3, 0.4) is 0 Å². The lowest BCUT2D eigenvalue weighted by Crippen LogP contribution is -2.37. The minimum Gasteiger partial charge on any atom is -0.508 e. The number of hydrogen-bond donors (Lipinski definition) is 3. The lowest BCUT2D eigenvalue weighted by atomic mass is 10.0. The Bertz CT molecular complexity index is 1470. The zero-order valence-corrected chi connectivity index (χ0v) is 21.8. The van der Waals surface area contributed by atoms with Crippen molar-refractivity contribution in [2.75, 3.05) is 41.9 Å². The topological polar surface area (TPSA) is 108 Å². The molecule has 2 aromatic heterocycles. The third-order valence-electron chi connectivity index (χ3n) is 6.21. The summed E-state index contributed by atoms with van der Waals surface area (Å²) < 4.78 is 19.6. The van der Waals surface area contributed by atoms with Gasteiger partial charge >= 0.3 is 0 Å². The summed E-state index contributed by atoms with van der Waals surface area (Å²) in [6, 6.07) is 19.0. The van der Waals surface area contributed by atoms with E-state index in [1.165, 1.54) is 0 Å². The van der Waals surface area contributed by atoms with Crippen LogP contribution in [0.4, 0.5) is 27.5 Å². The number of morpholine rings is 1. The Balaban J connectivity index is 1.30. The fourth-order valence-corrected chi connectivity index (χ4v) is 4.29. The largest absolute Gasteiger partial charge is 0.508 e. The molecule has 1 fully saturated rings. The van der Waals surface area contributed by atoms with E-state index >= 15 is 0 Å². The summed E-state index contributed by atoms with van der Waals surface area (Å²) in [5.41, 5.74) is 8.04. The first kappa shape index (κ1) is 26.1. The van der Waals surface area contributed by atoms with Crippen LogP contribution in [-0.2, 0) is 4.74 Å². The normalized spacial score (nSPS) is 13.7. The van der Waals surface area contributed by atoms with Crippen molar-refractivity contribution in [2.45, 2.75) is 19.8 Å². The van der Waals surface area contributed by atoms with E-state index in [0.717, 1.165) is 34.4 Å². The van der Waals surface area contributed by atoms with Gasteiger partial charge in [-0.25, -0.2) is 19.8 Å². The number of anilines is 4. The number of aromatic nitrogens is 3. The summed E-state index contributed by atoms with van der Waals surface area (Å²) in [4.78, 5) is 14.9. The SMILES string of the molecule is CC(C)c1nc(/C=N/Nc2ncc(F)c(N3CCOCC3)n2)ccc1Nc1cccc(-c2cccc(O)c2)c1. The molecule has 0 amide bonds. The van der Waals surface area contributed by atoms with Crippen LogP contribution in [0, 0.1) is 5.82 Å². The molecule has 1 saturated heterocycles. The monoisotopic (exact) mass is 527 g/mol. The molecule has 5 rings (SSSR count). The van der Waals surface area contributed by atoms with Crippen molar-refractivity contribution in [3.05, 3.63) is 84.1 Å². The van der Waals surface area contributed by atoms with Crippen molar-refractivity contribution in [1.82, 2.24) is 15.0 Å². The summed E-state index contributed by atoms with van der Waals surface area (Å²) in [6.07, 6.45) is 2.72. The molecular weight excluding hydrogens is 497 g/mol. The van der Waals surface area contributed by atoms with Gasteiger partial charge in [-0.15, -0.1) is 0 Å². The molecule has 0 atom stereocenters. The molecule has 0 spiro atoms. The van der Waals surface area contributed by atoms with Crippen LogP contribution in [0.5, 0.6) is 5.75 Å². The van der Waals surface area contributed by atoms with E-state index in [1.54, 1.807) is 18.3 Å². The molecule has 2 aromatic carbocycles. The molecule has 10 heteroatoms. The minimum atomic E-state index is -0.481. The van der Waals surface area contributed by atoms with Crippen molar-refractivity contribution in [1.29, 1.82) is 0 Å². The van der Waals surface area contributed by atoms with Gasteiger partial charge in [-0.1, -0.05) is 38.1 Å². The minimum absolute atomic E-state index is 0.152. The number of aromatic hydroxyl groups is 1. The van der Waals surface area contributed by atoms with Crippen molar-refractivity contribution in [3.63, 3.8) is 0 Å². The molecule has 3 heterocycles. The maximum Gasteiger partial charge on any atom is 0.245 e. The maximum absolute atomic E-state index is 14.3. The molecule has 0 unspecified atom stereocenters. The van der Waals surface area contributed by atoms with Crippen LogP contribution in [0.25, 0.3) is 11.1 Å². The number of phenolic OH excluding ortho intramolecular Hbond substituents is 1. The van der Waals surface area contributed by atoms with E-state index in [-0.39, 0.29) is 23.4 Å². The average Bonchev–Trinajstić information content (AvgIpc) is 2.95. The summed E-state index contributed by atoms with van der Waals surface area (Å²) in [5.74, 6) is 0.329. The average molecular weight is 528 g/mol. The second-order valence-electron chi connectivity index (χ2n) is 9.41. The van der Waals surface area contributed by atoms with Gasteiger partial charge in [0.25, 0.3) is 0 Å². The van der Waals surface area contributed by atoms with Crippen LogP contribution in [0.1, 0.15) is 31.2 Å². The molecule has 200 valence electrons. The quantitative estimate of drug-likeness (QED) is 0.203. The first-order valence-electron chi connectivity index (χ1n) is 12.8. The van der Waals surface area contributed by atoms with Crippen LogP contribution >= 0.6 is 0 Å². The van der Waals surface area contributed by atoms with Gasteiger partial charge in [0, 0.05) is 18.8 Å². The van der Waals surface area contributed by atoms with Crippen LogP contribution in [0.15, 0.2) is 72.0 Å². The Hall–Kier alpha value is -4.57. The molecule has 0 radical (unpaired) electrons. The van der Waals surface area contributed by atoms with E-state index in [2.05, 4.69) is 39.7 Å². The number of ether oxygens (including phenoxy) is 1. The van der Waals surface area contributed by atoms with E-state index in [1.807, 2.05) is 53.4 Å². The third kappa shape index (κ3) is 6.47. The van der Waals surface area contributed by atoms with Crippen LogP contribution < -0.4 is 15.6 Å². The predicted molar refractivity (Wildman–Crippen MR) is 151 cm³/mol. The third-order valence-corrected chi connectivity index (χ3v) is 6.21. The van der Waals surface area contributed by atoms with Crippen molar-refractivity contribution < 1.29 is 14.2 Å². The van der Waals surface area contributed by atoms with Gasteiger partial charge in [-0.2, -0.15) is 10.1 Å². The van der Waals surface area contributed by atoms with E-state index in [0.29, 0.717) is 32.0 Å².